The van der Waals surface area contributed by atoms with Crippen LogP contribution in [0.5, 0.6) is 17.2 Å². The molecule has 1 aliphatic rings. The Bertz CT molecular complexity index is 658. The predicted molar refractivity (Wildman–Crippen MR) is 83.6 cm³/mol. The Morgan fingerprint density at radius 3 is 2.76 bits per heavy atom. The van der Waals surface area contributed by atoms with Gasteiger partial charge >= 0.3 is 0 Å². The Hall–Kier alpha value is -1.72. The van der Waals surface area contributed by atoms with E-state index < -0.39 is 0 Å². The van der Waals surface area contributed by atoms with Crippen molar-refractivity contribution in [3.8, 4) is 17.2 Å². The maximum absolute atomic E-state index is 5.89. The number of fused-ring (bicyclic) bond motifs is 1. The molecule has 0 amide bonds. The number of benzene rings is 2. The van der Waals surface area contributed by atoms with E-state index in [1.807, 2.05) is 43.3 Å². The Labute approximate surface area is 131 Å². The standard InChI is InChI=1S/C16H16BrNO3/c1-10(18)13-4-3-12(7-14(13)17)19-8-11-2-5-15-16(6-11)21-9-20-15/h2-7,10H,8-9,18H2,1H3/t10-/m1/s1. The Balaban J connectivity index is 1.69. The van der Waals surface area contributed by atoms with E-state index >= 15 is 0 Å². The zero-order valence-electron chi connectivity index (χ0n) is 11.6. The zero-order chi connectivity index (χ0) is 14.8. The monoisotopic (exact) mass is 349 g/mol. The number of halogens is 1. The van der Waals surface area contributed by atoms with Crippen LogP contribution in [0.2, 0.25) is 0 Å². The van der Waals surface area contributed by atoms with Gasteiger partial charge in [0.15, 0.2) is 11.5 Å². The number of rotatable bonds is 4. The first-order valence-corrected chi connectivity index (χ1v) is 7.49. The summed E-state index contributed by atoms with van der Waals surface area (Å²) in [7, 11) is 0. The third-order valence-electron chi connectivity index (χ3n) is 3.30. The summed E-state index contributed by atoms with van der Waals surface area (Å²) in [5.74, 6) is 2.34. The lowest BCUT2D eigenvalue weighted by Gasteiger charge is -2.11. The van der Waals surface area contributed by atoms with Crippen molar-refractivity contribution in [1.29, 1.82) is 0 Å². The van der Waals surface area contributed by atoms with Gasteiger partial charge in [-0.1, -0.05) is 28.1 Å². The van der Waals surface area contributed by atoms with Crippen molar-refractivity contribution < 1.29 is 14.2 Å². The highest BCUT2D eigenvalue weighted by Gasteiger charge is 2.13. The van der Waals surface area contributed by atoms with E-state index in [4.69, 9.17) is 19.9 Å². The first-order valence-electron chi connectivity index (χ1n) is 6.70. The molecular weight excluding hydrogens is 334 g/mol. The van der Waals surface area contributed by atoms with E-state index in [0.29, 0.717) is 6.61 Å². The fourth-order valence-corrected chi connectivity index (χ4v) is 2.88. The second-order valence-electron chi connectivity index (χ2n) is 4.95. The minimum absolute atomic E-state index is 0.0118. The summed E-state index contributed by atoms with van der Waals surface area (Å²) in [5, 5.41) is 0. The van der Waals surface area contributed by atoms with E-state index in [-0.39, 0.29) is 12.8 Å². The maximum Gasteiger partial charge on any atom is 0.231 e. The highest BCUT2D eigenvalue weighted by Crippen LogP contribution is 2.33. The van der Waals surface area contributed by atoms with E-state index in [0.717, 1.165) is 32.8 Å². The SMILES string of the molecule is C[C@@H](N)c1ccc(OCc2ccc3c(c2)OCO3)cc1Br. The van der Waals surface area contributed by atoms with Crippen LogP contribution in [0.4, 0.5) is 0 Å². The van der Waals surface area contributed by atoms with Crippen LogP contribution < -0.4 is 19.9 Å². The van der Waals surface area contributed by atoms with Crippen molar-refractivity contribution in [1.82, 2.24) is 0 Å². The molecule has 1 atom stereocenters. The maximum atomic E-state index is 5.89. The summed E-state index contributed by atoms with van der Waals surface area (Å²) in [5.41, 5.74) is 7.98. The summed E-state index contributed by atoms with van der Waals surface area (Å²) >= 11 is 3.52. The third kappa shape index (κ3) is 3.14. The molecule has 2 aromatic rings. The third-order valence-corrected chi connectivity index (χ3v) is 3.99. The van der Waals surface area contributed by atoms with Crippen molar-refractivity contribution >= 4 is 15.9 Å². The lowest BCUT2D eigenvalue weighted by atomic mass is 10.1. The number of hydrogen-bond acceptors (Lipinski definition) is 4. The smallest absolute Gasteiger partial charge is 0.231 e. The minimum Gasteiger partial charge on any atom is -0.489 e. The molecular formula is C16H16BrNO3. The van der Waals surface area contributed by atoms with Crippen molar-refractivity contribution in [2.75, 3.05) is 6.79 Å². The van der Waals surface area contributed by atoms with Crippen molar-refractivity contribution in [3.63, 3.8) is 0 Å². The molecule has 0 bridgehead atoms. The highest BCUT2D eigenvalue weighted by atomic mass is 79.9. The lowest BCUT2D eigenvalue weighted by molar-refractivity contribution is 0.174. The van der Waals surface area contributed by atoms with Gasteiger partial charge in [-0.15, -0.1) is 0 Å². The molecule has 0 aromatic heterocycles. The molecule has 0 saturated heterocycles. The summed E-state index contributed by atoms with van der Waals surface area (Å²) in [6, 6.07) is 11.6. The molecule has 2 aromatic carbocycles. The van der Waals surface area contributed by atoms with Crippen molar-refractivity contribution in [2.45, 2.75) is 19.6 Å². The van der Waals surface area contributed by atoms with Gasteiger partial charge in [-0.25, -0.2) is 0 Å². The van der Waals surface area contributed by atoms with Crippen LogP contribution in [-0.4, -0.2) is 6.79 Å². The summed E-state index contributed by atoms with van der Waals surface area (Å²) in [4.78, 5) is 0. The van der Waals surface area contributed by atoms with E-state index in [9.17, 15) is 0 Å². The van der Waals surface area contributed by atoms with Gasteiger partial charge in [0.25, 0.3) is 0 Å². The fourth-order valence-electron chi connectivity index (χ4n) is 2.16. The summed E-state index contributed by atoms with van der Waals surface area (Å²) in [6.07, 6.45) is 0. The quantitative estimate of drug-likeness (QED) is 0.912. The Morgan fingerprint density at radius 1 is 1.19 bits per heavy atom. The molecule has 3 rings (SSSR count). The van der Waals surface area contributed by atoms with Gasteiger partial charge in [0.05, 0.1) is 0 Å². The second kappa shape index (κ2) is 5.95. The largest absolute Gasteiger partial charge is 0.489 e. The van der Waals surface area contributed by atoms with Gasteiger partial charge in [-0.3, -0.25) is 0 Å². The molecule has 4 nitrogen and oxygen atoms in total. The number of ether oxygens (including phenoxy) is 3. The number of nitrogens with two attached hydrogens (primary N) is 1. The van der Waals surface area contributed by atoms with Crippen LogP contribution in [0, 0.1) is 0 Å². The zero-order valence-corrected chi connectivity index (χ0v) is 13.2. The Morgan fingerprint density at radius 2 is 2.00 bits per heavy atom. The van der Waals surface area contributed by atoms with E-state index in [1.165, 1.54) is 0 Å². The van der Waals surface area contributed by atoms with Crippen LogP contribution in [0.15, 0.2) is 40.9 Å². The molecule has 1 aliphatic heterocycles. The first kappa shape index (κ1) is 14.2. The van der Waals surface area contributed by atoms with Gasteiger partial charge in [0.2, 0.25) is 6.79 Å². The average Bonchev–Trinajstić information content (AvgIpc) is 2.92. The molecule has 110 valence electrons. The summed E-state index contributed by atoms with van der Waals surface area (Å²) in [6.45, 7) is 2.71. The fraction of sp³-hybridized carbons (Fsp3) is 0.250. The van der Waals surface area contributed by atoms with Gasteiger partial charge < -0.3 is 19.9 Å². The second-order valence-corrected chi connectivity index (χ2v) is 5.80. The van der Waals surface area contributed by atoms with E-state index in [1.54, 1.807) is 0 Å². The highest BCUT2D eigenvalue weighted by molar-refractivity contribution is 9.10. The molecule has 0 spiro atoms. The normalized spacial score (nSPS) is 14.0. The molecule has 2 N–H and O–H groups in total. The van der Waals surface area contributed by atoms with E-state index in [2.05, 4.69) is 15.9 Å². The predicted octanol–water partition coefficient (Wildman–Crippen LogP) is 3.78. The van der Waals surface area contributed by atoms with Crippen LogP contribution in [0.25, 0.3) is 0 Å². The Kier molecular flexibility index (Phi) is 4.03. The van der Waals surface area contributed by atoms with Crippen molar-refractivity contribution in [3.05, 3.63) is 52.0 Å². The average molecular weight is 350 g/mol. The van der Waals surface area contributed by atoms with Crippen LogP contribution in [0.3, 0.4) is 0 Å². The van der Waals surface area contributed by atoms with Crippen LogP contribution in [-0.2, 0) is 6.61 Å². The van der Waals surface area contributed by atoms with Crippen LogP contribution >= 0.6 is 15.9 Å². The number of hydrogen-bond donors (Lipinski definition) is 1. The molecule has 0 radical (unpaired) electrons. The van der Waals surface area contributed by atoms with Gasteiger partial charge in [0, 0.05) is 10.5 Å². The van der Waals surface area contributed by atoms with Crippen molar-refractivity contribution in [2.24, 2.45) is 5.73 Å². The topological polar surface area (TPSA) is 53.7 Å². The molecule has 1 heterocycles. The molecule has 0 unspecified atom stereocenters. The molecule has 5 heteroatoms. The summed E-state index contributed by atoms with van der Waals surface area (Å²) < 4.78 is 17.4. The van der Waals surface area contributed by atoms with Gasteiger partial charge in [0.1, 0.15) is 12.4 Å². The first-order chi connectivity index (χ1) is 10.1. The van der Waals surface area contributed by atoms with Crippen LogP contribution in [0.1, 0.15) is 24.1 Å². The molecule has 0 aliphatic carbocycles. The lowest BCUT2D eigenvalue weighted by Crippen LogP contribution is -2.05. The molecule has 21 heavy (non-hydrogen) atoms. The van der Waals surface area contributed by atoms with Gasteiger partial charge in [-0.2, -0.15) is 0 Å². The molecule has 0 fully saturated rings. The minimum atomic E-state index is -0.0118. The van der Waals surface area contributed by atoms with Gasteiger partial charge in [-0.05, 0) is 42.3 Å². The molecule has 0 saturated carbocycles.